The number of nitrogens with one attached hydrogen (secondary N) is 1. The van der Waals surface area contributed by atoms with Gasteiger partial charge in [-0.25, -0.2) is 9.97 Å². The molecule has 4 rings (SSSR count). The van der Waals surface area contributed by atoms with E-state index in [4.69, 9.17) is 0 Å². The van der Waals surface area contributed by atoms with Gasteiger partial charge in [0, 0.05) is 29.7 Å². The van der Waals surface area contributed by atoms with Gasteiger partial charge in [-0.05, 0) is 57.7 Å². The molecule has 0 aromatic carbocycles. The van der Waals surface area contributed by atoms with Crippen LogP contribution in [-0.4, -0.2) is 30.8 Å². The first-order valence-electron chi connectivity index (χ1n) is 8.54. The molecule has 1 aliphatic carbocycles. The molecule has 0 aliphatic heterocycles. The fourth-order valence-corrected chi connectivity index (χ4v) is 3.21. The van der Waals surface area contributed by atoms with Gasteiger partial charge in [-0.2, -0.15) is 0 Å². The molecule has 128 valence electrons. The van der Waals surface area contributed by atoms with E-state index in [-0.39, 0.29) is 11.4 Å². The maximum Gasteiger partial charge on any atom is 0.255 e. The van der Waals surface area contributed by atoms with Gasteiger partial charge in [0.1, 0.15) is 5.82 Å². The van der Waals surface area contributed by atoms with Gasteiger partial charge in [0.15, 0.2) is 11.5 Å². The van der Waals surface area contributed by atoms with Gasteiger partial charge < -0.3 is 5.32 Å². The second-order valence-electron chi connectivity index (χ2n) is 7.20. The minimum Gasteiger partial charge on any atom is -0.347 e. The Bertz CT molecular complexity index is 941. The van der Waals surface area contributed by atoms with E-state index in [0.717, 1.165) is 11.4 Å². The Morgan fingerprint density at radius 1 is 1.20 bits per heavy atom. The SMILES string of the molecule is Cc1nc(-c2ccncc2)nc2c(C(=O)NC(C)(C)C3CC3)ccn12. The van der Waals surface area contributed by atoms with Crippen molar-refractivity contribution in [1.82, 2.24) is 24.7 Å². The standard InChI is InChI=1S/C19H21N5O/c1-12-21-16(13-6-9-20-10-7-13)22-17-15(8-11-24(12)17)18(25)23-19(2,3)14-4-5-14/h6-11,14H,4-5H2,1-3H3,(H,23,25). The second-order valence-corrected chi connectivity index (χ2v) is 7.20. The van der Waals surface area contributed by atoms with E-state index in [0.29, 0.717) is 23.0 Å². The molecule has 0 unspecified atom stereocenters. The van der Waals surface area contributed by atoms with Crippen molar-refractivity contribution in [3.63, 3.8) is 0 Å². The molecule has 25 heavy (non-hydrogen) atoms. The molecule has 0 atom stereocenters. The van der Waals surface area contributed by atoms with Gasteiger partial charge in [-0.3, -0.25) is 14.2 Å². The Balaban J connectivity index is 1.75. The summed E-state index contributed by atoms with van der Waals surface area (Å²) in [6, 6.07) is 5.54. The van der Waals surface area contributed by atoms with Gasteiger partial charge in [-0.15, -0.1) is 0 Å². The second kappa shape index (κ2) is 5.65. The first kappa shape index (κ1) is 15.7. The van der Waals surface area contributed by atoms with Crippen LogP contribution in [0.4, 0.5) is 0 Å². The third kappa shape index (κ3) is 2.88. The number of aryl methyl sites for hydroxylation is 1. The fourth-order valence-electron chi connectivity index (χ4n) is 3.21. The van der Waals surface area contributed by atoms with Gasteiger partial charge in [0.2, 0.25) is 0 Å². The van der Waals surface area contributed by atoms with Crippen molar-refractivity contribution >= 4 is 11.6 Å². The monoisotopic (exact) mass is 335 g/mol. The van der Waals surface area contributed by atoms with Crippen molar-refractivity contribution in [1.29, 1.82) is 0 Å². The smallest absolute Gasteiger partial charge is 0.255 e. The summed E-state index contributed by atoms with van der Waals surface area (Å²) < 4.78 is 1.85. The zero-order valence-electron chi connectivity index (χ0n) is 14.7. The quantitative estimate of drug-likeness (QED) is 0.795. The number of fused-ring (bicyclic) bond motifs is 1. The van der Waals surface area contributed by atoms with Crippen molar-refractivity contribution in [2.45, 2.75) is 39.2 Å². The van der Waals surface area contributed by atoms with E-state index in [2.05, 4.69) is 34.1 Å². The summed E-state index contributed by atoms with van der Waals surface area (Å²) >= 11 is 0. The van der Waals surface area contributed by atoms with Crippen molar-refractivity contribution in [2.75, 3.05) is 0 Å². The summed E-state index contributed by atoms with van der Waals surface area (Å²) in [7, 11) is 0. The number of hydrogen-bond donors (Lipinski definition) is 1. The van der Waals surface area contributed by atoms with Crippen LogP contribution < -0.4 is 5.32 Å². The van der Waals surface area contributed by atoms with E-state index in [1.807, 2.05) is 35.7 Å². The molecule has 0 spiro atoms. The molecule has 1 aliphatic rings. The molecular weight excluding hydrogens is 314 g/mol. The van der Waals surface area contributed by atoms with Gasteiger partial charge in [-0.1, -0.05) is 0 Å². The molecule has 3 heterocycles. The molecule has 6 nitrogen and oxygen atoms in total. The third-order valence-electron chi connectivity index (χ3n) is 4.90. The molecule has 1 amide bonds. The summed E-state index contributed by atoms with van der Waals surface area (Å²) in [4.78, 5) is 26.1. The lowest BCUT2D eigenvalue weighted by Gasteiger charge is -2.25. The van der Waals surface area contributed by atoms with Crippen LogP contribution in [-0.2, 0) is 0 Å². The van der Waals surface area contributed by atoms with Gasteiger partial charge in [0.05, 0.1) is 5.56 Å². The van der Waals surface area contributed by atoms with Gasteiger partial charge in [0.25, 0.3) is 5.91 Å². The Kier molecular flexibility index (Phi) is 3.56. The molecule has 3 aromatic rings. The zero-order chi connectivity index (χ0) is 17.6. The Morgan fingerprint density at radius 3 is 2.60 bits per heavy atom. The average Bonchev–Trinajstić information content (AvgIpc) is 3.36. The Labute approximate surface area is 146 Å². The molecule has 1 N–H and O–H groups in total. The van der Waals surface area contributed by atoms with Gasteiger partial charge >= 0.3 is 0 Å². The molecule has 6 heteroatoms. The average molecular weight is 335 g/mol. The number of nitrogens with zero attached hydrogens (tertiary/aromatic N) is 4. The topological polar surface area (TPSA) is 72.2 Å². The van der Waals surface area contributed by atoms with Crippen LogP contribution in [0.15, 0.2) is 36.8 Å². The predicted molar refractivity (Wildman–Crippen MR) is 95.2 cm³/mol. The number of hydrogen-bond acceptors (Lipinski definition) is 4. The van der Waals surface area contributed by atoms with E-state index >= 15 is 0 Å². The fraction of sp³-hybridized carbons (Fsp3) is 0.368. The molecule has 0 saturated heterocycles. The van der Waals surface area contributed by atoms with Crippen LogP contribution >= 0.6 is 0 Å². The number of rotatable bonds is 4. The summed E-state index contributed by atoms with van der Waals surface area (Å²) in [5, 5.41) is 3.17. The minimum absolute atomic E-state index is 0.0850. The maximum atomic E-state index is 12.8. The van der Waals surface area contributed by atoms with Crippen molar-refractivity contribution in [2.24, 2.45) is 5.92 Å². The summed E-state index contributed by atoms with van der Waals surface area (Å²) in [6.45, 7) is 6.09. The van der Waals surface area contributed by atoms with Crippen LogP contribution in [0.3, 0.4) is 0 Å². The molecule has 1 saturated carbocycles. The molecular formula is C19H21N5O. The van der Waals surface area contributed by atoms with Crippen molar-refractivity contribution in [3.05, 3.63) is 48.2 Å². The number of aromatic nitrogens is 4. The first-order valence-corrected chi connectivity index (χ1v) is 8.54. The predicted octanol–water partition coefficient (Wildman–Crippen LogP) is 3.02. The first-order chi connectivity index (χ1) is 12.0. The molecule has 1 fully saturated rings. The van der Waals surface area contributed by atoms with Crippen molar-refractivity contribution in [3.8, 4) is 11.4 Å². The minimum atomic E-state index is -0.193. The maximum absolute atomic E-state index is 12.8. The lowest BCUT2D eigenvalue weighted by atomic mass is 9.98. The highest BCUT2D eigenvalue weighted by atomic mass is 16.1. The number of carbonyl (C=O) groups excluding carboxylic acids is 1. The molecule has 3 aromatic heterocycles. The van der Waals surface area contributed by atoms with Crippen LogP contribution in [0.1, 0.15) is 42.9 Å². The Hall–Kier alpha value is -2.76. The largest absolute Gasteiger partial charge is 0.347 e. The number of carbonyl (C=O) groups is 1. The highest BCUT2D eigenvalue weighted by Gasteiger charge is 2.39. The lowest BCUT2D eigenvalue weighted by Crippen LogP contribution is -2.45. The van der Waals surface area contributed by atoms with Crippen molar-refractivity contribution < 1.29 is 4.79 Å². The van der Waals surface area contributed by atoms with E-state index in [1.54, 1.807) is 12.4 Å². The zero-order valence-corrected chi connectivity index (χ0v) is 14.7. The Morgan fingerprint density at radius 2 is 1.92 bits per heavy atom. The van der Waals surface area contributed by atoms with E-state index < -0.39 is 0 Å². The summed E-state index contributed by atoms with van der Waals surface area (Å²) in [5.74, 6) is 1.87. The summed E-state index contributed by atoms with van der Waals surface area (Å²) in [5.41, 5.74) is 1.89. The molecule has 0 bridgehead atoms. The van der Waals surface area contributed by atoms with E-state index in [1.165, 1.54) is 12.8 Å². The van der Waals surface area contributed by atoms with E-state index in [9.17, 15) is 4.79 Å². The van der Waals surface area contributed by atoms with Crippen LogP contribution in [0, 0.1) is 12.8 Å². The van der Waals surface area contributed by atoms with Crippen LogP contribution in [0.5, 0.6) is 0 Å². The van der Waals surface area contributed by atoms with Crippen LogP contribution in [0.25, 0.3) is 17.0 Å². The normalized spacial score (nSPS) is 14.7. The third-order valence-corrected chi connectivity index (χ3v) is 4.90. The highest BCUT2D eigenvalue weighted by molar-refractivity contribution is 6.00. The number of pyridine rings is 1. The summed E-state index contributed by atoms with van der Waals surface area (Å²) in [6.07, 6.45) is 7.62. The number of amides is 1. The highest BCUT2D eigenvalue weighted by Crippen LogP contribution is 2.39. The van der Waals surface area contributed by atoms with Crippen LogP contribution in [0.2, 0.25) is 0 Å². The lowest BCUT2D eigenvalue weighted by molar-refractivity contribution is 0.0905. The molecule has 0 radical (unpaired) electrons.